The van der Waals surface area contributed by atoms with E-state index in [1.165, 1.54) is 0 Å². The minimum Gasteiger partial charge on any atom is -0.387 e. The third-order valence-electron chi connectivity index (χ3n) is 2.05. The Balaban J connectivity index is 2.29. The van der Waals surface area contributed by atoms with Crippen LogP contribution < -0.4 is 0 Å². The zero-order chi connectivity index (χ0) is 6.48. The van der Waals surface area contributed by atoms with Crippen molar-refractivity contribution in [2.75, 3.05) is 0 Å². The number of rotatable bonds is 0. The van der Waals surface area contributed by atoms with Crippen molar-refractivity contribution in [3.8, 4) is 0 Å². The van der Waals surface area contributed by atoms with Crippen molar-refractivity contribution in [1.82, 2.24) is 0 Å². The van der Waals surface area contributed by atoms with E-state index in [-0.39, 0.29) is 12.2 Å². The Kier molecular flexibility index (Phi) is 0.838. The molecule has 0 aromatic heterocycles. The van der Waals surface area contributed by atoms with Gasteiger partial charge in [-0.3, -0.25) is 0 Å². The molecule has 0 aliphatic carbocycles. The van der Waals surface area contributed by atoms with Gasteiger partial charge in [-0.2, -0.15) is 0 Å². The molecule has 2 aliphatic rings. The van der Waals surface area contributed by atoms with Gasteiger partial charge in [-0.1, -0.05) is 12.2 Å². The van der Waals surface area contributed by atoms with Crippen LogP contribution in [0.2, 0.25) is 0 Å². The third-order valence-corrected chi connectivity index (χ3v) is 2.05. The molecule has 0 saturated carbocycles. The molecule has 2 heteroatoms. The van der Waals surface area contributed by atoms with Gasteiger partial charge < -0.3 is 9.84 Å². The van der Waals surface area contributed by atoms with Crippen molar-refractivity contribution >= 4 is 0 Å². The second kappa shape index (κ2) is 1.39. The summed E-state index contributed by atoms with van der Waals surface area (Å²) in [4.78, 5) is 0. The van der Waals surface area contributed by atoms with E-state index in [2.05, 4.69) is 0 Å². The zero-order valence-corrected chi connectivity index (χ0v) is 5.37. The van der Waals surface area contributed by atoms with Crippen molar-refractivity contribution in [1.29, 1.82) is 0 Å². The molecule has 3 atom stereocenters. The summed E-state index contributed by atoms with van der Waals surface area (Å²) in [6.45, 7) is 1.82. The summed E-state index contributed by atoms with van der Waals surface area (Å²) in [6.07, 6.45) is 4.86. The van der Waals surface area contributed by atoms with Crippen molar-refractivity contribution in [2.24, 2.45) is 0 Å². The van der Waals surface area contributed by atoms with Crippen molar-refractivity contribution < 1.29 is 9.84 Å². The second-order valence-corrected chi connectivity index (χ2v) is 3.04. The summed E-state index contributed by atoms with van der Waals surface area (Å²) in [6, 6.07) is 0. The average molecular weight is 126 g/mol. The highest BCUT2D eigenvalue weighted by atomic mass is 16.5. The van der Waals surface area contributed by atoms with Gasteiger partial charge in [0.2, 0.25) is 0 Å². The van der Waals surface area contributed by atoms with Gasteiger partial charge >= 0.3 is 0 Å². The van der Waals surface area contributed by atoms with E-state index < -0.39 is 5.60 Å². The molecule has 0 amide bonds. The standard InChI is InChI=1S/C7H10O2/c1-7(8)4-5-2-3-6(7)9-5/h2-3,5-6,8H,4H2,1H3/t5-,6+,7+/m1/s1. The van der Waals surface area contributed by atoms with Crippen LogP contribution in [0.15, 0.2) is 12.2 Å². The summed E-state index contributed by atoms with van der Waals surface area (Å²) < 4.78 is 5.33. The van der Waals surface area contributed by atoms with E-state index in [0.29, 0.717) is 0 Å². The summed E-state index contributed by atoms with van der Waals surface area (Å²) in [5, 5.41) is 9.51. The Hall–Kier alpha value is -0.340. The van der Waals surface area contributed by atoms with Gasteiger partial charge in [0.25, 0.3) is 0 Å². The fourth-order valence-electron chi connectivity index (χ4n) is 1.50. The van der Waals surface area contributed by atoms with E-state index in [9.17, 15) is 5.11 Å². The van der Waals surface area contributed by atoms with Crippen LogP contribution >= 0.6 is 0 Å². The molecule has 1 saturated heterocycles. The fourth-order valence-corrected chi connectivity index (χ4v) is 1.50. The van der Waals surface area contributed by atoms with Gasteiger partial charge in [-0.25, -0.2) is 0 Å². The second-order valence-electron chi connectivity index (χ2n) is 3.04. The summed E-state index contributed by atoms with van der Waals surface area (Å²) in [7, 11) is 0. The first-order chi connectivity index (χ1) is 4.18. The van der Waals surface area contributed by atoms with Gasteiger partial charge in [0, 0.05) is 6.42 Å². The smallest absolute Gasteiger partial charge is 0.105 e. The van der Waals surface area contributed by atoms with E-state index in [1.54, 1.807) is 0 Å². The van der Waals surface area contributed by atoms with E-state index in [4.69, 9.17) is 4.74 Å². The van der Waals surface area contributed by atoms with Gasteiger partial charge in [0.1, 0.15) is 6.10 Å². The van der Waals surface area contributed by atoms with E-state index >= 15 is 0 Å². The molecule has 2 aliphatic heterocycles. The molecular formula is C7H10O2. The SMILES string of the molecule is C[C@]1(O)C[C@H]2C=C[C@@H]1O2. The highest BCUT2D eigenvalue weighted by Gasteiger charge is 2.44. The van der Waals surface area contributed by atoms with Crippen LogP contribution in [0, 0.1) is 0 Å². The molecule has 0 radical (unpaired) electrons. The molecule has 1 fully saturated rings. The van der Waals surface area contributed by atoms with Crippen LogP contribution in [-0.4, -0.2) is 22.9 Å². The fraction of sp³-hybridized carbons (Fsp3) is 0.714. The minimum absolute atomic E-state index is 0.0394. The highest BCUT2D eigenvalue weighted by Crippen LogP contribution is 2.36. The molecule has 2 heterocycles. The van der Waals surface area contributed by atoms with Gasteiger partial charge in [0.15, 0.2) is 0 Å². The lowest BCUT2D eigenvalue weighted by Gasteiger charge is -2.20. The Morgan fingerprint density at radius 3 is 2.67 bits per heavy atom. The van der Waals surface area contributed by atoms with E-state index in [0.717, 1.165) is 6.42 Å². The minimum atomic E-state index is -0.598. The molecule has 2 rings (SSSR count). The maximum absolute atomic E-state index is 9.51. The Morgan fingerprint density at radius 2 is 2.44 bits per heavy atom. The lowest BCUT2D eigenvalue weighted by atomic mass is 9.92. The Bertz CT molecular complexity index is 160. The van der Waals surface area contributed by atoms with E-state index in [1.807, 2.05) is 19.1 Å². The normalized spacial score (nSPS) is 54.9. The number of hydrogen-bond acceptors (Lipinski definition) is 2. The molecular weight excluding hydrogens is 116 g/mol. The molecule has 0 spiro atoms. The predicted octanol–water partition coefficient (Wildman–Crippen LogP) is 0.465. The predicted molar refractivity (Wildman–Crippen MR) is 33.0 cm³/mol. The Morgan fingerprint density at radius 1 is 1.67 bits per heavy atom. The summed E-state index contributed by atoms with van der Waals surface area (Å²) in [5.41, 5.74) is -0.598. The van der Waals surface area contributed by atoms with Crippen LogP contribution in [0.1, 0.15) is 13.3 Å². The van der Waals surface area contributed by atoms with Crippen LogP contribution in [0.25, 0.3) is 0 Å². The molecule has 2 nitrogen and oxygen atoms in total. The molecule has 0 unspecified atom stereocenters. The third kappa shape index (κ3) is 0.635. The lowest BCUT2D eigenvalue weighted by Crippen LogP contribution is -2.33. The van der Waals surface area contributed by atoms with Crippen LogP contribution in [0.4, 0.5) is 0 Å². The maximum Gasteiger partial charge on any atom is 0.105 e. The molecule has 1 N–H and O–H groups in total. The highest BCUT2D eigenvalue weighted by molar-refractivity contribution is 5.16. The topological polar surface area (TPSA) is 29.5 Å². The van der Waals surface area contributed by atoms with Crippen LogP contribution in [0.5, 0.6) is 0 Å². The first-order valence-corrected chi connectivity index (χ1v) is 3.25. The monoisotopic (exact) mass is 126 g/mol. The first-order valence-electron chi connectivity index (χ1n) is 3.25. The van der Waals surface area contributed by atoms with Crippen LogP contribution in [-0.2, 0) is 4.74 Å². The van der Waals surface area contributed by atoms with Crippen molar-refractivity contribution in [2.45, 2.75) is 31.2 Å². The first kappa shape index (κ1) is 5.45. The number of hydrogen-bond donors (Lipinski definition) is 1. The lowest BCUT2D eigenvalue weighted by molar-refractivity contribution is 0.00312. The molecule has 0 aromatic carbocycles. The number of fused-ring (bicyclic) bond motifs is 2. The van der Waals surface area contributed by atoms with Gasteiger partial charge in [-0.05, 0) is 6.92 Å². The average Bonchev–Trinajstić information content (AvgIpc) is 2.19. The van der Waals surface area contributed by atoms with Crippen LogP contribution in [0.3, 0.4) is 0 Å². The largest absolute Gasteiger partial charge is 0.387 e. The molecule has 0 aromatic rings. The quantitative estimate of drug-likeness (QED) is 0.478. The van der Waals surface area contributed by atoms with Crippen molar-refractivity contribution in [3.63, 3.8) is 0 Å². The molecule has 50 valence electrons. The van der Waals surface area contributed by atoms with Crippen molar-refractivity contribution in [3.05, 3.63) is 12.2 Å². The summed E-state index contributed by atoms with van der Waals surface area (Å²) >= 11 is 0. The van der Waals surface area contributed by atoms with Gasteiger partial charge in [-0.15, -0.1) is 0 Å². The zero-order valence-electron chi connectivity index (χ0n) is 5.37. The summed E-state index contributed by atoms with van der Waals surface area (Å²) in [5.74, 6) is 0. The Labute approximate surface area is 54.1 Å². The number of aliphatic hydroxyl groups is 1. The molecule has 9 heavy (non-hydrogen) atoms. The van der Waals surface area contributed by atoms with Gasteiger partial charge in [0.05, 0.1) is 11.7 Å². The molecule has 2 bridgehead atoms. The maximum atomic E-state index is 9.51. The number of ether oxygens (including phenoxy) is 1.